The van der Waals surface area contributed by atoms with E-state index < -0.39 is 11.7 Å². The summed E-state index contributed by atoms with van der Waals surface area (Å²) in [4.78, 5) is 37.8. The zero-order valence-electron chi connectivity index (χ0n) is 18.2. The minimum atomic E-state index is -0.479. The normalized spacial score (nSPS) is 10.5. The number of pyridine rings is 1. The molecule has 0 saturated carbocycles. The molecule has 1 heterocycles. The van der Waals surface area contributed by atoms with E-state index in [9.17, 15) is 18.8 Å². The molecule has 2 amide bonds. The number of hydrogen-bond acceptors (Lipinski definition) is 3. The molecule has 0 aliphatic rings. The third kappa shape index (κ3) is 5.63. The quantitative estimate of drug-likeness (QED) is 0.438. The van der Waals surface area contributed by atoms with Crippen molar-refractivity contribution in [3.05, 3.63) is 136 Å². The molecule has 0 bridgehead atoms. The van der Waals surface area contributed by atoms with Gasteiger partial charge >= 0.3 is 0 Å². The summed E-state index contributed by atoms with van der Waals surface area (Å²) in [6, 6.07) is 24.9. The number of rotatable bonds is 7. The second kappa shape index (κ2) is 10.4. The van der Waals surface area contributed by atoms with Crippen molar-refractivity contribution in [2.75, 3.05) is 5.32 Å². The molecule has 170 valence electrons. The molecule has 3 aromatic carbocycles. The third-order valence-electron chi connectivity index (χ3n) is 5.20. The minimum absolute atomic E-state index is 0.0548. The van der Waals surface area contributed by atoms with E-state index in [1.807, 2.05) is 30.3 Å². The average Bonchev–Trinajstić information content (AvgIpc) is 2.85. The van der Waals surface area contributed by atoms with E-state index in [4.69, 9.17) is 0 Å². The molecule has 2 N–H and O–H groups in total. The molecule has 34 heavy (non-hydrogen) atoms. The molecule has 0 aliphatic heterocycles. The van der Waals surface area contributed by atoms with Crippen molar-refractivity contribution >= 4 is 17.5 Å². The number of aromatic nitrogens is 1. The Morgan fingerprint density at radius 3 is 2.29 bits per heavy atom. The molecule has 0 aliphatic carbocycles. The number of hydrogen-bond donors (Lipinski definition) is 2. The van der Waals surface area contributed by atoms with Crippen LogP contribution in [0.15, 0.2) is 102 Å². The van der Waals surface area contributed by atoms with Crippen molar-refractivity contribution in [1.82, 2.24) is 9.88 Å². The van der Waals surface area contributed by atoms with Gasteiger partial charge in [0.1, 0.15) is 11.4 Å². The van der Waals surface area contributed by atoms with Gasteiger partial charge in [0.2, 0.25) is 0 Å². The lowest BCUT2D eigenvalue weighted by Gasteiger charge is -2.10. The van der Waals surface area contributed by atoms with Gasteiger partial charge in [-0.2, -0.15) is 0 Å². The Bertz CT molecular complexity index is 1370. The molecule has 0 saturated heterocycles. The van der Waals surface area contributed by atoms with E-state index in [1.165, 1.54) is 34.9 Å². The summed E-state index contributed by atoms with van der Waals surface area (Å²) in [5, 5.41) is 5.51. The van der Waals surface area contributed by atoms with Gasteiger partial charge in [-0.3, -0.25) is 14.4 Å². The number of carbonyl (C=O) groups excluding carboxylic acids is 2. The van der Waals surface area contributed by atoms with E-state index in [0.717, 1.165) is 11.1 Å². The molecule has 4 rings (SSSR count). The number of anilines is 1. The second-order valence-corrected chi connectivity index (χ2v) is 7.68. The van der Waals surface area contributed by atoms with Crippen LogP contribution in [0.3, 0.4) is 0 Å². The van der Waals surface area contributed by atoms with Gasteiger partial charge in [-0.25, -0.2) is 4.39 Å². The predicted molar refractivity (Wildman–Crippen MR) is 128 cm³/mol. The summed E-state index contributed by atoms with van der Waals surface area (Å²) in [6.07, 6.45) is 1.65. The fourth-order valence-corrected chi connectivity index (χ4v) is 3.46. The summed E-state index contributed by atoms with van der Waals surface area (Å²) in [7, 11) is 0. The summed E-state index contributed by atoms with van der Waals surface area (Å²) >= 11 is 0. The first-order valence-electron chi connectivity index (χ1n) is 10.7. The lowest BCUT2D eigenvalue weighted by molar-refractivity contribution is 0.0947. The maximum atomic E-state index is 13.1. The Morgan fingerprint density at radius 2 is 1.53 bits per heavy atom. The first-order chi connectivity index (χ1) is 16.5. The molecule has 7 heteroatoms. The predicted octanol–water partition coefficient (Wildman–Crippen LogP) is 4.22. The lowest BCUT2D eigenvalue weighted by Crippen LogP contribution is -2.32. The van der Waals surface area contributed by atoms with Gasteiger partial charge in [-0.05, 0) is 59.7 Å². The van der Waals surface area contributed by atoms with Crippen LogP contribution in [0.5, 0.6) is 0 Å². The number of carbonyl (C=O) groups is 2. The van der Waals surface area contributed by atoms with Gasteiger partial charge in [0.05, 0.1) is 6.54 Å². The van der Waals surface area contributed by atoms with Crippen molar-refractivity contribution in [3.63, 3.8) is 0 Å². The van der Waals surface area contributed by atoms with Gasteiger partial charge in [0.15, 0.2) is 0 Å². The fourth-order valence-electron chi connectivity index (χ4n) is 3.46. The van der Waals surface area contributed by atoms with Crippen LogP contribution in [0, 0.1) is 5.82 Å². The highest BCUT2D eigenvalue weighted by atomic mass is 19.1. The van der Waals surface area contributed by atoms with Crippen LogP contribution in [-0.4, -0.2) is 16.4 Å². The SMILES string of the molecule is O=C(Nc1cccc(CNC(=O)c2cccn(Cc3ccccc3)c2=O)c1)c1ccc(F)cc1. The van der Waals surface area contributed by atoms with E-state index in [2.05, 4.69) is 10.6 Å². The Kier molecular flexibility index (Phi) is 6.93. The van der Waals surface area contributed by atoms with E-state index in [1.54, 1.807) is 36.5 Å². The summed E-state index contributed by atoms with van der Waals surface area (Å²) in [5.74, 6) is -1.27. The maximum Gasteiger partial charge on any atom is 0.263 e. The Morgan fingerprint density at radius 1 is 0.794 bits per heavy atom. The van der Waals surface area contributed by atoms with Crippen LogP contribution in [0.4, 0.5) is 10.1 Å². The smallest absolute Gasteiger partial charge is 0.263 e. The Balaban J connectivity index is 1.40. The van der Waals surface area contributed by atoms with Crippen LogP contribution < -0.4 is 16.2 Å². The van der Waals surface area contributed by atoms with Gasteiger partial charge in [-0.15, -0.1) is 0 Å². The molecule has 6 nitrogen and oxygen atoms in total. The molecule has 0 fully saturated rings. The standard InChI is InChI=1S/C27H22FN3O3/c28-22-13-11-21(12-14-22)25(32)30-23-9-4-8-20(16-23)17-29-26(33)24-10-5-15-31(27(24)34)18-19-6-2-1-3-7-19/h1-16H,17-18H2,(H,29,33)(H,30,32). The van der Waals surface area contributed by atoms with Gasteiger partial charge < -0.3 is 15.2 Å². The number of amides is 2. The Labute approximate surface area is 195 Å². The van der Waals surface area contributed by atoms with Crippen molar-refractivity contribution in [2.45, 2.75) is 13.1 Å². The molecule has 0 radical (unpaired) electrons. The number of benzene rings is 3. The monoisotopic (exact) mass is 455 g/mol. The van der Waals surface area contributed by atoms with Crippen molar-refractivity contribution in [3.8, 4) is 0 Å². The van der Waals surface area contributed by atoms with Gasteiger partial charge in [0.25, 0.3) is 17.4 Å². The maximum absolute atomic E-state index is 13.1. The second-order valence-electron chi connectivity index (χ2n) is 7.68. The molecule has 0 atom stereocenters. The van der Waals surface area contributed by atoms with E-state index in [0.29, 0.717) is 17.8 Å². The first kappa shape index (κ1) is 22.7. The molecule has 4 aromatic rings. The summed E-state index contributed by atoms with van der Waals surface area (Å²) < 4.78 is 14.6. The number of nitrogens with zero attached hydrogens (tertiary/aromatic N) is 1. The lowest BCUT2D eigenvalue weighted by atomic mass is 10.1. The Hall–Kier alpha value is -4.52. The summed E-state index contributed by atoms with van der Waals surface area (Å²) in [5.41, 5.74) is 2.25. The molecular formula is C27H22FN3O3. The van der Waals surface area contributed by atoms with E-state index in [-0.39, 0.29) is 23.6 Å². The highest BCUT2D eigenvalue weighted by molar-refractivity contribution is 6.04. The van der Waals surface area contributed by atoms with Gasteiger partial charge in [0, 0.05) is 24.0 Å². The van der Waals surface area contributed by atoms with Crippen molar-refractivity contribution in [2.24, 2.45) is 0 Å². The highest BCUT2D eigenvalue weighted by Crippen LogP contribution is 2.13. The zero-order chi connectivity index (χ0) is 23.9. The number of nitrogens with one attached hydrogen (secondary N) is 2. The molecule has 0 spiro atoms. The van der Waals surface area contributed by atoms with Crippen LogP contribution in [0.2, 0.25) is 0 Å². The fraction of sp³-hybridized carbons (Fsp3) is 0.0741. The van der Waals surface area contributed by atoms with Gasteiger partial charge in [-0.1, -0.05) is 42.5 Å². The van der Waals surface area contributed by atoms with Crippen LogP contribution in [0.1, 0.15) is 31.8 Å². The third-order valence-corrected chi connectivity index (χ3v) is 5.20. The van der Waals surface area contributed by atoms with E-state index >= 15 is 0 Å². The zero-order valence-corrected chi connectivity index (χ0v) is 18.2. The van der Waals surface area contributed by atoms with Crippen LogP contribution in [-0.2, 0) is 13.1 Å². The molecular weight excluding hydrogens is 433 g/mol. The first-order valence-corrected chi connectivity index (χ1v) is 10.7. The summed E-state index contributed by atoms with van der Waals surface area (Å²) in [6.45, 7) is 0.544. The minimum Gasteiger partial charge on any atom is -0.348 e. The van der Waals surface area contributed by atoms with Crippen LogP contribution >= 0.6 is 0 Å². The highest BCUT2D eigenvalue weighted by Gasteiger charge is 2.13. The largest absolute Gasteiger partial charge is 0.348 e. The van der Waals surface area contributed by atoms with Crippen molar-refractivity contribution < 1.29 is 14.0 Å². The average molecular weight is 455 g/mol. The molecule has 1 aromatic heterocycles. The van der Waals surface area contributed by atoms with Crippen LogP contribution in [0.25, 0.3) is 0 Å². The number of halogens is 1. The molecule has 0 unspecified atom stereocenters. The van der Waals surface area contributed by atoms with Crippen molar-refractivity contribution in [1.29, 1.82) is 0 Å². The topological polar surface area (TPSA) is 80.2 Å².